The molecule has 2 aromatic carbocycles. The number of para-hydroxylation sites is 2. The number of amides is 1. The van der Waals surface area contributed by atoms with Crippen LogP contribution in [0.25, 0.3) is 0 Å². The zero-order chi connectivity index (χ0) is 23.3. The van der Waals surface area contributed by atoms with E-state index in [0.717, 1.165) is 69.8 Å². The van der Waals surface area contributed by atoms with Crippen molar-refractivity contribution in [1.82, 2.24) is 9.21 Å². The summed E-state index contributed by atoms with van der Waals surface area (Å²) in [6.07, 6.45) is 3.93. The highest BCUT2D eigenvalue weighted by Crippen LogP contribution is 2.27. The van der Waals surface area contributed by atoms with Crippen LogP contribution in [0.15, 0.2) is 53.4 Å². The van der Waals surface area contributed by atoms with E-state index in [4.69, 9.17) is 0 Å². The predicted octanol–water partition coefficient (Wildman–Crippen LogP) is 3.65. The Hall–Kier alpha value is -2.42. The molecular weight excluding hydrogens is 436 g/mol. The van der Waals surface area contributed by atoms with Gasteiger partial charge < -0.3 is 15.1 Å². The third-order valence-corrected chi connectivity index (χ3v) is 8.54. The summed E-state index contributed by atoms with van der Waals surface area (Å²) in [5.41, 5.74) is 2.23. The molecule has 2 aromatic rings. The third kappa shape index (κ3) is 5.57. The quantitative estimate of drug-likeness (QED) is 0.698. The second kappa shape index (κ2) is 10.7. The van der Waals surface area contributed by atoms with Gasteiger partial charge in [0.15, 0.2) is 0 Å². The molecule has 178 valence electrons. The van der Waals surface area contributed by atoms with E-state index in [9.17, 15) is 13.2 Å². The summed E-state index contributed by atoms with van der Waals surface area (Å²) in [5.74, 6) is -0.242. The first-order valence-corrected chi connectivity index (χ1v) is 13.4. The van der Waals surface area contributed by atoms with Crippen LogP contribution in [0.5, 0.6) is 0 Å². The summed E-state index contributed by atoms with van der Waals surface area (Å²) in [5, 5.41) is 3.03. The van der Waals surface area contributed by atoms with Gasteiger partial charge in [0.2, 0.25) is 10.0 Å². The largest absolute Gasteiger partial charge is 0.367 e. The first-order chi connectivity index (χ1) is 16.0. The summed E-state index contributed by atoms with van der Waals surface area (Å²) in [7, 11) is -3.52. The molecule has 33 heavy (non-hydrogen) atoms. The molecule has 0 bridgehead atoms. The lowest BCUT2D eigenvalue weighted by molar-refractivity contribution is 0.102. The van der Waals surface area contributed by atoms with E-state index in [1.54, 1.807) is 28.6 Å². The monoisotopic (exact) mass is 470 g/mol. The van der Waals surface area contributed by atoms with Gasteiger partial charge in [-0.1, -0.05) is 31.9 Å². The summed E-state index contributed by atoms with van der Waals surface area (Å²) in [4.78, 5) is 17.9. The molecule has 0 aliphatic carbocycles. The van der Waals surface area contributed by atoms with Crippen LogP contribution >= 0.6 is 0 Å². The standard InChI is InChI=1S/C25H34N4O3S/c1-2-27-17-19-28(20-18-27)24-10-6-5-9-23(24)26-25(30)21-11-13-22(14-12-21)33(31,32)29-15-7-3-4-8-16-29/h5-6,9-14H,2-4,7-8,15-20H2,1H3,(H,26,30). The Balaban J connectivity index is 1.45. The van der Waals surface area contributed by atoms with Crippen LogP contribution in [0, 0.1) is 0 Å². The fourth-order valence-corrected chi connectivity index (χ4v) is 6.08. The minimum atomic E-state index is -3.52. The minimum Gasteiger partial charge on any atom is -0.367 e. The number of sulfonamides is 1. The van der Waals surface area contributed by atoms with E-state index in [1.807, 2.05) is 24.3 Å². The van der Waals surface area contributed by atoms with E-state index in [0.29, 0.717) is 18.7 Å². The molecule has 0 unspecified atom stereocenters. The summed E-state index contributed by atoms with van der Waals surface area (Å²) >= 11 is 0. The van der Waals surface area contributed by atoms with Gasteiger partial charge in [-0.2, -0.15) is 4.31 Å². The van der Waals surface area contributed by atoms with Gasteiger partial charge in [-0.05, 0) is 55.8 Å². The lowest BCUT2D eigenvalue weighted by Gasteiger charge is -2.36. The predicted molar refractivity (Wildman–Crippen MR) is 132 cm³/mol. The molecule has 2 aliphatic rings. The normalized spacial score (nSPS) is 18.6. The van der Waals surface area contributed by atoms with Gasteiger partial charge in [0.1, 0.15) is 0 Å². The molecule has 7 nitrogen and oxygen atoms in total. The van der Waals surface area contributed by atoms with Crippen LogP contribution in [0.1, 0.15) is 43.0 Å². The molecule has 8 heteroatoms. The number of hydrogen-bond acceptors (Lipinski definition) is 5. The minimum absolute atomic E-state index is 0.242. The van der Waals surface area contributed by atoms with Gasteiger partial charge in [-0.15, -0.1) is 0 Å². The fraction of sp³-hybridized carbons (Fsp3) is 0.480. The Labute approximate surface area is 197 Å². The van der Waals surface area contributed by atoms with E-state index >= 15 is 0 Å². The Morgan fingerprint density at radius 1 is 0.848 bits per heavy atom. The highest BCUT2D eigenvalue weighted by atomic mass is 32.2. The SMILES string of the molecule is CCN1CCN(c2ccccc2NC(=O)c2ccc(S(=O)(=O)N3CCCCCC3)cc2)CC1. The Bertz CT molecular complexity index is 1040. The second-order valence-electron chi connectivity index (χ2n) is 8.74. The van der Waals surface area contributed by atoms with Crippen molar-refractivity contribution < 1.29 is 13.2 Å². The van der Waals surface area contributed by atoms with Crippen molar-refractivity contribution in [3.63, 3.8) is 0 Å². The van der Waals surface area contributed by atoms with Crippen LogP contribution in [0.4, 0.5) is 11.4 Å². The number of nitrogens with one attached hydrogen (secondary N) is 1. The Morgan fingerprint density at radius 2 is 1.48 bits per heavy atom. The molecule has 0 atom stereocenters. The number of likely N-dealkylation sites (N-methyl/N-ethyl adjacent to an activating group) is 1. The first kappa shape index (κ1) is 23.7. The number of piperazine rings is 1. The molecule has 0 radical (unpaired) electrons. The van der Waals surface area contributed by atoms with Crippen LogP contribution in [0.2, 0.25) is 0 Å². The van der Waals surface area contributed by atoms with E-state index in [-0.39, 0.29) is 10.8 Å². The molecule has 0 aromatic heterocycles. The highest BCUT2D eigenvalue weighted by Gasteiger charge is 2.25. The van der Waals surface area contributed by atoms with Crippen molar-refractivity contribution in [2.24, 2.45) is 0 Å². The summed E-state index contributed by atoms with van der Waals surface area (Å²) in [6, 6.07) is 14.1. The topological polar surface area (TPSA) is 73.0 Å². The lowest BCUT2D eigenvalue weighted by atomic mass is 10.1. The molecule has 1 amide bonds. The molecule has 2 saturated heterocycles. The van der Waals surface area contributed by atoms with Gasteiger partial charge in [0.25, 0.3) is 5.91 Å². The van der Waals surface area contributed by atoms with E-state index in [1.165, 1.54) is 0 Å². The van der Waals surface area contributed by atoms with Crippen molar-refractivity contribution in [2.45, 2.75) is 37.5 Å². The summed E-state index contributed by atoms with van der Waals surface area (Å²) in [6.45, 7) is 8.21. The molecule has 0 spiro atoms. The van der Waals surface area contributed by atoms with Crippen molar-refractivity contribution in [3.05, 3.63) is 54.1 Å². The highest BCUT2D eigenvalue weighted by molar-refractivity contribution is 7.89. The van der Waals surface area contributed by atoms with Crippen LogP contribution in [-0.4, -0.2) is 69.3 Å². The van der Waals surface area contributed by atoms with Gasteiger partial charge in [-0.3, -0.25) is 4.79 Å². The van der Waals surface area contributed by atoms with Gasteiger partial charge >= 0.3 is 0 Å². The number of carbonyl (C=O) groups excluding carboxylic acids is 1. The molecule has 1 N–H and O–H groups in total. The molecule has 2 aliphatic heterocycles. The number of rotatable bonds is 6. The van der Waals surface area contributed by atoms with Gasteiger partial charge in [-0.25, -0.2) is 8.42 Å². The number of anilines is 2. The maximum atomic E-state index is 13.0. The summed E-state index contributed by atoms with van der Waals surface area (Å²) < 4.78 is 27.6. The average molecular weight is 471 g/mol. The molecule has 2 fully saturated rings. The molecule has 2 heterocycles. The van der Waals surface area contributed by atoms with Crippen LogP contribution in [-0.2, 0) is 10.0 Å². The molecule has 0 saturated carbocycles. The van der Waals surface area contributed by atoms with Gasteiger partial charge in [0, 0.05) is 44.8 Å². The zero-order valence-electron chi connectivity index (χ0n) is 19.4. The maximum absolute atomic E-state index is 13.0. The zero-order valence-corrected chi connectivity index (χ0v) is 20.2. The van der Waals surface area contributed by atoms with E-state index in [2.05, 4.69) is 22.0 Å². The Morgan fingerprint density at radius 3 is 2.12 bits per heavy atom. The van der Waals surface area contributed by atoms with Crippen molar-refractivity contribution >= 4 is 27.3 Å². The van der Waals surface area contributed by atoms with Crippen LogP contribution < -0.4 is 10.2 Å². The second-order valence-corrected chi connectivity index (χ2v) is 10.7. The molecule has 4 rings (SSSR count). The number of hydrogen-bond donors (Lipinski definition) is 1. The molecular formula is C25H34N4O3S. The van der Waals surface area contributed by atoms with Crippen LogP contribution in [0.3, 0.4) is 0 Å². The number of nitrogens with zero attached hydrogens (tertiary/aromatic N) is 3. The van der Waals surface area contributed by atoms with Crippen molar-refractivity contribution in [3.8, 4) is 0 Å². The first-order valence-electron chi connectivity index (χ1n) is 12.0. The third-order valence-electron chi connectivity index (χ3n) is 6.63. The van der Waals surface area contributed by atoms with Crippen molar-refractivity contribution in [2.75, 3.05) is 56.0 Å². The van der Waals surface area contributed by atoms with Gasteiger partial charge in [0.05, 0.1) is 16.3 Å². The maximum Gasteiger partial charge on any atom is 0.255 e. The lowest BCUT2D eigenvalue weighted by Crippen LogP contribution is -2.46. The smallest absolute Gasteiger partial charge is 0.255 e. The Kier molecular flexibility index (Phi) is 7.67. The number of benzene rings is 2. The van der Waals surface area contributed by atoms with E-state index < -0.39 is 10.0 Å². The fourth-order valence-electron chi connectivity index (χ4n) is 4.56. The average Bonchev–Trinajstić information content (AvgIpc) is 3.15. The number of carbonyl (C=O) groups is 1. The van der Waals surface area contributed by atoms with Crippen molar-refractivity contribution in [1.29, 1.82) is 0 Å².